The standard InChI is InChI=1S/C20H17F3N4O2/c21-13-6-4-12(5-7-13)18-25-19(29-26-18)17-3-1-2-10-27(17)20(28)24-14-8-9-15(22)16(23)11-14/h4-9,11,17H,1-3,10H2,(H,24,28)/t17-/m0/s1. The molecule has 1 aliphatic rings. The number of hydrogen-bond acceptors (Lipinski definition) is 4. The van der Waals surface area contributed by atoms with Crippen LogP contribution in [0.1, 0.15) is 31.2 Å². The molecule has 0 unspecified atom stereocenters. The second kappa shape index (κ2) is 7.94. The van der Waals surface area contributed by atoms with Gasteiger partial charge >= 0.3 is 6.03 Å². The van der Waals surface area contributed by atoms with E-state index in [1.54, 1.807) is 12.1 Å². The Morgan fingerprint density at radius 1 is 1.07 bits per heavy atom. The van der Waals surface area contributed by atoms with E-state index in [9.17, 15) is 18.0 Å². The van der Waals surface area contributed by atoms with Crippen LogP contribution in [0.5, 0.6) is 0 Å². The summed E-state index contributed by atoms with van der Waals surface area (Å²) in [6, 6.07) is 7.92. The smallest absolute Gasteiger partial charge is 0.322 e. The Morgan fingerprint density at radius 2 is 1.86 bits per heavy atom. The van der Waals surface area contributed by atoms with Gasteiger partial charge < -0.3 is 14.7 Å². The van der Waals surface area contributed by atoms with Crippen LogP contribution in [0, 0.1) is 17.5 Å². The van der Waals surface area contributed by atoms with Crippen LogP contribution in [0.3, 0.4) is 0 Å². The minimum absolute atomic E-state index is 0.149. The number of carbonyl (C=O) groups excluding carboxylic acids is 1. The van der Waals surface area contributed by atoms with Crippen LogP contribution in [0.2, 0.25) is 0 Å². The molecule has 29 heavy (non-hydrogen) atoms. The summed E-state index contributed by atoms with van der Waals surface area (Å²) >= 11 is 0. The lowest BCUT2D eigenvalue weighted by Crippen LogP contribution is -2.41. The third kappa shape index (κ3) is 4.08. The number of halogens is 3. The van der Waals surface area contributed by atoms with E-state index in [1.807, 2.05) is 0 Å². The van der Waals surface area contributed by atoms with Crippen LogP contribution in [0.15, 0.2) is 47.0 Å². The molecular formula is C20H17F3N4O2. The summed E-state index contributed by atoms with van der Waals surface area (Å²) in [6.45, 7) is 0.453. The Bertz CT molecular complexity index is 1020. The van der Waals surface area contributed by atoms with Gasteiger partial charge in [0.05, 0.1) is 0 Å². The molecule has 0 aliphatic carbocycles. The highest BCUT2D eigenvalue weighted by Gasteiger charge is 2.32. The van der Waals surface area contributed by atoms with Gasteiger partial charge in [0.2, 0.25) is 11.7 Å². The number of hydrogen-bond donors (Lipinski definition) is 1. The summed E-state index contributed by atoms with van der Waals surface area (Å²) in [5.41, 5.74) is 0.741. The molecule has 1 atom stereocenters. The number of rotatable bonds is 3. The summed E-state index contributed by atoms with van der Waals surface area (Å²) in [5, 5.41) is 6.51. The van der Waals surface area contributed by atoms with E-state index in [-0.39, 0.29) is 17.4 Å². The summed E-state index contributed by atoms with van der Waals surface area (Å²) in [7, 11) is 0. The summed E-state index contributed by atoms with van der Waals surface area (Å²) in [6.07, 6.45) is 2.28. The zero-order chi connectivity index (χ0) is 20.4. The lowest BCUT2D eigenvalue weighted by molar-refractivity contribution is 0.142. The fourth-order valence-corrected chi connectivity index (χ4v) is 3.29. The zero-order valence-electron chi connectivity index (χ0n) is 15.2. The second-order valence-corrected chi connectivity index (χ2v) is 6.73. The number of amides is 2. The Kier molecular flexibility index (Phi) is 5.20. The van der Waals surface area contributed by atoms with Crippen molar-refractivity contribution in [3.63, 3.8) is 0 Å². The highest BCUT2D eigenvalue weighted by molar-refractivity contribution is 5.89. The van der Waals surface area contributed by atoms with Crippen molar-refractivity contribution in [1.29, 1.82) is 0 Å². The van der Waals surface area contributed by atoms with Crippen molar-refractivity contribution in [2.45, 2.75) is 25.3 Å². The van der Waals surface area contributed by atoms with E-state index in [2.05, 4.69) is 15.5 Å². The SMILES string of the molecule is O=C(Nc1ccc(F)c(F)c1)N1CCCC[C@H]1c1nc(-c2ccc(F)cc2)no1. The van der Waals surface area contributed by atoms with Gasteiger partial charge in [-0.1, -0.05) is 5.16 Å². The molecular weight excluding hydrogens is 385 g/mol. The van der Waals surface area contributed by atoms with E-state index in [1.165, 1.54) is 23.1 Å². The Balaban J connectivity index is 1.53. The highest BCUT2D eigenvalue weighted by Crippen LogP contribution is 2.31. The van der Waals surface area contributed by atoms with E-state index in [0.717, 1.165) is 25.0 Å². The van der Waals surface area contributed by atoms with E-state index >= 15 is 0 Å². The lowest BCUT2D eigenvalue weighted by Gasteiger charge is -2.33. The van der Waals surface area contributed by atoms with Gasteiger partial charge in [-0.25, -0.2) is 18.0 Å². The van der Waals surface area contributed by atoms with Crippen molar-refractivity contribution < 1.29 is 22.5 Å². The maximum atomic E-state index is 13.4. The summed E-state index contributed by atoms with van der Waals surface area (Å²) in [4.78, 5) is 18.6. The largest absolute Gasteiger partial charge is 0.337 e. The van der Waals surface area contributed by atoms with Crippen LogP contribution in [-0.2, 0) is 0 Å². The Hall–Kier alpha value is -3.36. The normalized spacial score (nSPS) is 16.7. The van der Waals surface area contributed by atoms with Crippen molar-refractivity contribution in [2.24, 2.45) is 0 Å². The second-order valence-electron chi connectivity index (χ2n) is 6.73. The molecule has 9 heteroatoms. The maximum Gasteiger partial charge on any atom is 0.322 e. The first kappa shape index (κ1) is 19.0. The van der Waals surface area contributed by atoms with Crippen molar-refractivity contribution in [2.75, 3.05) is 11.9 Å². The van der Waals surface area contributed by atoms with E-state index in [0.29, 0.717) is 24.4 Å². The molecule has 6 nitrogen and oxygen atoms in total. The van der Waals surface area contributed by atoms with E-state index in [4.69, 9.17) is 4.52 Å². The predicted octanol–water partition coefficient (Wildman–Crippen LogP) is 4.91. The minimum atomic E-state index is -1.04. The van der Waals surface area contributed by atoms with Gasteiger partial charge in [-0.3, -0.25) is 0 Å². The third-order valence-corrected chi connectivity index (χ3v) is 4.76. The minimum Gasteiger partial charge on any atom is -0.337 e. The van der Waals surface area contributed by atoms with Crippen molar-refractivity contribution in [1.82, 2.24) is 15.0 Å². The number of anilines is 1. The lowest BCUT2D eigenvalue weighted by atomic mass is 10.0. The zero-order valence-corrected chi connectivity index (χ0v) is 15.2. The summed E-state index contributed by atoms with van der Waals surface area (Å²) < 4.78 is 45.0. The molecule has 2 amide bonds. The van der Waals surface area contributed by atoms with Crippen LogP contribution in [-0.4, -0.2) is 27.6 Å². The Morgan fingerprint density at radius 3 is 2.62 bits per heavy atom. The number of piperidine rings is 1. The molecule has 1 aromatic heterocycles. The number of likely N-dealkylation sites (tertiary alicyclic amines) is 1. The number of carbonyl (C=O) groups is 1. The van der Waals surface area contributed by atoms with Gasteiger partial charge in [0, 0.05) is 23.9 Å². The number of benzene rings is 2. The van der Waals surface area contributed by atoms with Crippen molar-refractivity contribution >= 4 is 11.7 Å². The number of urea groups is 1. The molecule has 0 bridgehead atoms. The average Bonchev–Trinajstić information content (AvgIpc) is 3.21. The average molecular weight is 402 g/mol. The number of aromatic nitrogens is 2. The molecule has 0 radical (unpaired) electrons. The molecule has 2 aromatic carbocycles. The Labute approximate surface area is 164 Å². The fraction of sp³-hybridized carbons (Fsp3) is 0.250. The van der Waals surface area contributed by atoms with Gasteiger partial charge in [-0.15, -0.1) is 0 Å². The summed E-state index contributed by atoms with van der Waals surface area (Å²) in [5.74, 6) is -1.84. The fourth-order valence-electron chi connectivity index (χ4n) is 3.29. The molecule has 4 rings (SSSR count). The highest BCUT2D eigenvalue weighted by atomic mass is 19.2. The van der Waals surface area contributed by atoms with Crippen molar-refractivity contribution in [3.05, 3.63) is 65.8 Å². The molecule has 0 saturated carbocycles. The third-order valence-electron chi connectivity index (χ3n) is 4.76. The molecule has 0 spiro atoms. The van der Waals surface area contributed by atoms with Crippen LogP contribution in [0.4, 0.5) is 23.7 Å². The maximum absolute atomic E-state index is 13.4. The van der Waals surface area contributed by atoms with Gasteiger partial charge in [-0.05, 0) is 55.7 Å². The topological polar surface area (TPSA) is 71.3 Å². The van der Waals surface area contributed by atoms with Gasteiger partial charge in [0.1, 0.15) is 11.9 Å². The van der Waals surface area contributed by atoms with Gasteiger partial charge in [0.15, 0.2) is 11.6 Å². The first-order valence-corrected chi connectivity index (χ1v) is 9.13. The molecule has 1 aliphatic heterocycles. The first-order valence-electron chi connectivity index (χ1n) is 9.13. The predicted molar refractivity (Wildman–Crippen MR) is 98.4 cm³/mol. The quantitative estimate of drug-likeness (QED) is 0.676. The number of nitrogens with zero attached hydrogens (tertiary/aromatic N) is 3. The monoisotopic (exact) mass is 402 g/mol. The van der Waals surface area contributed by atoms with Gasteiger partial charge in [0.25, 0.3) is 0 Å². The molecule has 3 aromatic rings. The molecule has 150 valence electrons. The van der Waals surface area contributed by atoms with E-state index < -0.39 is 23.7 Å². The molecule has 1 fully saturated rings. The van der Waals surface area contributed by atoms with Gasteiger partial charge in [-0.2, -0.15) is 4.98 Å². The molecule has 2 heterocycles. The van der Waals surface area contributed by atoms with Crippen LogP contribution in [0.25, 0.3) is 11.4 Å². The van der Waals surface area contributed by atoms with Crippen molar-refractivity contribution in [3.8, 4) is 11.4 Å². The van der Waals surface area contributed by atoms with Crippen LogP contribution >= 0.6 is 0 Å². The first-order chi connectivity index (χ1) is 14.0. The number of nitrogens with one attached hydrogen (secondary N) is 1. The van der Waals surface area contributed by atoms with Crippen LogP contribution < -0.4 is 5.32 Å². The molecule has 1 saturated heterocycles. The molecule has 1 N–H and O–H groups in total.